The fourth-order valence-electron chi connectivity index (χ4n) is 1.46. The number of aryl methyl sites for hydroxylation is 1. The highest BCUT2D eigenvalue weighted by molar-refractivity contribution is 7.89. The van der Waals surface area contributed by atoms with Crippen molar-refractivity contribution in [2.24, 2.45) is 7.05 Å². The summed E-state index contributed by atoms with van der Waals surface area (Å²) in [4.78, 5) is 0. The molecule has 0 bridgehead atoms. The first kappa shape index (κ1) is 14.1. The van der Waals surface area contributed by atoms with E-state index >= 15 is 0 Å². The normalized spacial score (nSPS) is 11.9. The van der Waals surface area contributed by atoms with E-state index in [1.807, 2.05) is 20.3 Å². The van der Waals surface area contributed by atoms with Crippen molar-refractivity contribution in [2.45, 2.75) is 12.8 Å². The van der Waals surface area contributed by atoms with Gasteiger partial charge in [-0.2, -0.15) is 5.10 Å². The maximum absolute atomic E-state index is 11.5. The van der Waals surface area contributed by atoms with Gasteiger partial charge >= 0.3 is 0 Å². The number of nitrogens with zero attached hydrogens (tertiary/aromatic N) is 2. The molecule has 0 aliphatic rings. The van der Waals surface area contributed by atoms with Gasteiger partial charge in [0.2, 0.25) is 10.0 Å². The van der Waals surface area contributed by atoms with Crippen LogP contribution >= 0.6 is 0 Å². The van der Waals surface area contributed by atoms with Gasteiger partial charge in [-0.3, -0.25) is 4.68 Å². The molecule has 0 spiro atoms. The Hall–Kier alpha value is -0.920. The molecule has 0 aliphatic carbocycles. The topological polar surface area (TPSA) is 76.0 Å². The minimum Gasteiger partial charge on any atom is -0.320 e. The van der Waals surface area contributed by atoms with Gasteiger partial charge in [0.25, 0.3) is 0 Å². The van der Waals surface area contributed by atoms with Crippen molar-refractivity contribution in [3.8, 4) is 0 Å². The van der Waals surface area contributed by atoms with Crippen molar-refractivity contribution < 1.29 is 8.42 Å². The minimum absolute atomic E-state index is 0.168. The first-order valence-electron chi connectivity index (χ1n) is 5.63. The number of hydrogen-bond donors (Lipinski definition) is 2. The standard InChI is InChI=1S/C10H20N4O2S/c1-11-5-3-7-17(15,16)13-6-4-10-8-12-14(2)9-10/h8-9,11,13H,3-7H2,1-2H3. The lowest BCUT2D eigenvalue weighted by molar-refractivity contribution is 0.577. The molecule has 1 aromatic heterocycles. The van der Waals surface area contributed by atoms with E-state index < -0.39 is 10.0 Å². The highest BCUT2D eigenvalue weighted by Gasteiger charge is 2.08. The average molecular weight is 260 g/mol. The summed E-state index contributed by atoms with van der Waals surface area (Å²) in [6.45, 7) is 1.14. The van der Waals surface area contributed by atoms with Gasteiger partial charge in [-0.15, -0.1) is 0 Å². The molecule has 17 heavy (non-hydrogen) atoms. The quantitative estimate of drug-likeness (QED) is 0.617. The first-order valence-corrected chi connectivity index (χ1v) is 7.28. The molecular formula is C10H20N4O2S. The molecule has 6 nitrogen and oxygen atoms in total. The Labute approximate surface area is 102 Å². The Kier molecular flexibility index (Phi) is 5.60. The summed E-state index contributed by atoms with van der Waals surface area (Å²) < 4.78 is 27.4. The second-order valence-corrected chi connectivity index (χ2v) is 5.87. The molecular weight excluding hydrogens is 240 g/mol. The van der Waals surface area contributed by atoms with Gasteiger partial charge < -0.3 is 5.32 Å². The maximum atomic E-state index is 11.5. The molecule has 0 unspecified atom stereocenters. The second-order valence-electron chi connectivity index (χ2n) is 3.94. The van der Waals surface area contributed by atoms with Crippen LogP contribution in [-0.4, -0.2) is 44.1 Å². The number of nitrogens with one attached hydrogen (secondary N) is 2. The third-order valence-electron chi connectivity index (χ3n) is 2.33. The fraction of sp³-hybridized carbons (Fsp3) is 0.700. The van der Waals surface area contributed by atoms with Gasteiger partial charge in [0.1, 0.15) is 0 Å². The van der Waals surface area contributed by atoms with Crippen LogP contribution in [0.4, 0.5) is 0 Å². The van der Waals surface area contributed by atoms with Gasteiger partial charge in [-0.25, -0.2) is 13.1 Å². The number of aromatic nitrogens is 2. The SMILES string of the molecule is CNCCCS(=O)(=O)NCCc1cnn(C)c1. The molecule has 0 aromatic carbocycles. The van der Waals surface area contributed by atoms with Crippen LogP contribution in [0.25, 0.3) is 0 Å². The van der Waals surface area contributed by atoms with Crippen LogP contribution < -0.4 is 10.0 Å². The van der Waals surface area contributed by atoms with Crippen LogP contribution in [0.15, 0.2) is 12.4 Å². The number of hydrogen-bond acceptors (Lipinski definition) is 4. The van der Waals surface area contributed by atoms with Crippen molar-refractivity contribution in [3.63, 3.8) is 0 Å². The monoisotopic (exact) mass is 260 g/mol. The second kappa shape index (κ2) is 6.73. The summed E-state index contributed by atoms with van der Waals surface area (Å²) in [5.41, 5.74) is 1.03. The third kappa shape index (κ3) is 5.81. The van der Waals surface area contributed by atoms with Crippen LogP contribution in [0.1, 0.15) is 12.0 Å². The largest absolute Gasteiger partial charge is 0.320 e. The van der Waals surface area contributed by atoms with Crippen molar-refractivity contribution in [1.82, 2.24) is 19.8 Å². The molecule has 0 atom stereocenters. The lowest BCUT2D eigenvalue weighted by Gasteiger charge is -2.05. The van der Waals surface area contributed by atoms with E-state index in [-0.39, 0.29) is 5.75 Å². The van der Waals surface area contributed by atoms with Gasteiger partial charge in [-0.1, -0.05) is 0 Å². The Morgan fingerprint density at radius 3 is 2.76 bits per heavy atom. The van der Waals surface area contributed by atoms with E-state index in [1.54, 1.807) is 10.9 Å². The van der Waals surface area contributed by atoms with Crippen molar-refractivity contribution >= 4 is 10.0 Å². The predicted molar refractivity (Wildman–Crippen MR) is 67.2 cm³/mol. The molecule has 1 aromatic rings. The molecule has 7 heteroatoms. The molecule has 0 aliphatic heterocycles. The molecule has 0 saturated carbocycles. The Morgan fingerprint density at radius 1 is 1.41 bits per heavy atom. The summed E-state index contributed by atoms with van der Waals surface area (Å²) in [6, 6.07) is 0. The molecule has 1 heterocycles. The molecule has 0 radical (unpaired) electrons. The highest BCUT2D eigenvalue weighted by Crippen LogP contribution is 1.97. The number of sulfonamides is 1. The summed E-state index contributed by atoms with van der Waals surface area (Å²) in [7, 11) is 0.512. The lowest BCUT2D eigenvalue weighted by Crippen LogP contribution is -2.29. The third-order valence-corrected chi connectivity index (χ3v) is 3.80. The predicted octanol–water partition coefficient (Wildman–Crippen LogP) is -0.508. The van der Waals surface area contributed by atoms with E-state index in [9.17, 15) is 8.42 Å². The van der Waals surface area contributed by atoms with E-state index in [1.165, 1.54) is 0 Å². The summed E-state index contributed by atoms with van der Waals surface area (Å²) >= 11 is 0. The molecule has 1 rings (SSSR count). The zero-order valence-electron chi connectivity index (χ0n) is 10.3. The smallest absolute Gasteiger partial charge is 0.211 e. The summed E-state index contributed by atoms with van der Waals surface area (Å²) in [5.74, 6) is 0.168. The minimum atomic E-state index is -3.13. The van der Waals surface area contributed by atoms with E-state index in [2.05, 4.69) is 15.1 Å². The van der Waals surface area contributed by atoms with Crippen LogP contribution in [0.3, 0.4) is 0 Å². The van der Waals surface area contributed by atoms with Crippen LogP contribution in [-0.2, 0) is 23.5 Å². The highest BCUT2D eigenvalue weighted by atomic mass is 32.2. The summed E-state index contributed by atoms with van der Waals surface area (Å²) in [5, 5.41) is 6.95. The fourth-order valence-corrected chi connectivity index (χ4v) is 2.54. The van der Waals surface area contributed by atoms with Crippen LogP contribution in [0.5, 0.6) is 0 Å². The molecule has 0 saturated heterocycles. The van der Waals surface area contributed by atoms with Gasteiger partial charge in [-0.05, 0) is 32.0 Å². The van der Waals surface area contributed by atoms with Crippen molar-refractivity contribution in [3.05, 3.63) is 18.0 Å². The molecule has 0 amide bonds. The zero-order valence-corrected chi connectivity index (χ0v) is 11.1. The van der Waals surface area contributed by atoms with Gasteiger partial charge in [0.15, 0.2) is 0 Å². The van der Waals surface area contributed by atoms with E-state index in [4.69, 9.17) is 0 Å². The molecule has 0 fully saturated rings. The Morgan fingerprint density at radius 2 is 2.18 bits per heavy atom. The van der Waals surface area contributed by atoms with Crippen LogP contribution in [0, 0.1) is 0 Å². The zero-order chi connectivity index (χ0) is 12.7. The van der Waals surface area contributed by atoms with E-state index in [0.29, 0.717) is 25.9 Å². The Bertz CT molecular complexity index is 427. The summed E-state index contributed by atoms with van der Waals surface area (Å²) in [6.07, 6.45) is 4.92. The van der Waals surface area contributed by atoms with Crippen molar-refractivity contribution in [2.75, 3.05) is 25.9 Å². The van der Waals surface area contributed by atoms with Crippen LogP contribution in [0.2, 0.25) is 0 Å². The van der Waals surface area contributed by atoms with Gasteiger partial charge in [0, 0.05) is 19.8 Å². The van der Waals surface area contributed by atoms with Crippen molar-refractivity contribution in [1.29, 1.82) is 0 Å². The van der Waals surface area contributed by atoms with Gasteiger partial charge in [0.05, 0.1) is 11.9 Å². The molecule has 2 N–H and O–H groups in total. The average Bonchev–Trinajstić information content (AvgIpc) is 2.64. The Balaban J connectivity index is 2.25. The number of rotatable bonds is 8. The maximum Gasteiger partial charge on any atom is 0.211 e. The molecule has 98 valence electrons. The lowest BCUT2D eigenvalue weighted by atomic mass is 10.3. The van der Waals surface area contributed by atoms with E-state index in [0.717, 1.165) is 5.56 Å². The first-order chi connectivity index (χ1) is 8.03.